The maximum atomic E-state index is 13.5. The van der Waals surface area contributed by atoms with Crippen LogP contribution >= 0.6 is 0 Å². The smallest absolute Gasteiger partial charge is 0.166 e. The Bertz CT molecular complexity index is 995. The highest BCUT2D eigenvalue weighted by atomic mass is 19.1. The van der Waals surface area contributed by atoms with Gasteiger partial charge in [-0.05, 0) is 82.3 Å². The van der Waals surface area contributed by atoms with Crippen LogP contribution in [0.4, 0.5) is 4.39 Å². The number of hydrogen-bond donors (Lipinski definition) is 0. The second-order valence-corrected chi connectivity index (χ2v) is 10.0. The first-order valence-corrected chi connectivity index (χ1v) is 12.8. The zero-order valence-corrected chi connectivity index (χ0v) is 21.2. The van der Waals surface area contributed by atoms with Gasteiger partial charge in [-0.1, -0.05) is 12.1 Å². The van der Waals surface area contributed by atoms with E-state index >= 15 is 0 Å². The van der Waals surface area contributed by atoms with Crippen molar-refractivity contribution in [1.29, 1.82) is 0 Å². The van der Waals surface area contributed by atoms with Crippen LogP contribution in [0.25, 0.3) is 0 Å². The minimum atomic E-state index is -0.319. The zero-order valence-electron chi connectivity index (χ0n) is 21.2. The van der Waals surface area contributed by atoms with Gasteiger partial charge in [-0.25, -0.2) is 4.39 Å². The molecule has 6 heteroatoms. The Morgan fingerprint density at radius 1 is 1.11 bits per heavy atom. The molecule has 0 N–H and O–H groups in total. The Labute approximate surface area is 207 Å². The van der Waals surface area contributed by atoms with Gasteiger partial charge in [-0.15, -0.1) is 0 Å². The fourth-order valence-corrected chi connectivity index (χ4v) is 5.52. The van der Waals surface area contributed by atoms with Crippen molar-refractivity contribution in [2.45, 2.75) is 83.2 Å². The van der Waals surface area contributed by atoms with Crippen LogP contribution in [-0.4, -0.2) is 37.3 Å². The monoisotopic (exact) mass is 484 g/mol. The Kier molecular flexibility index (Phi) is 8.12. The number of halogens is 1. The number of hydrogen-bond acceptors (Lipinski definition) is 5. The summed E-state index contributed by atoms with van der Waals surface area (Å²) in [7, 11) is 1.59. The maximum Gasteiger partial charge on any atom is 0.166 e. The summed E-state index contributed by atoms with van der Waals surface area (Å²) < 4.78 is 37.5. The van der Waals surface area contributed by atoms with Gasteiger partial charge in [0.05, 0.1) is 31.0 Å². The lowest BCUT2D eigenvalue weighted by atomic mass is 9.72. The van der Waals surface area contributed by atoms with E-state index in [1.165, 1.54) is 12.1 Å². The van der Waals surface area contributed by atoms with Crippen LogP contribution in [0.1, 0.15) is 81.3 Å². The average Bonchev–Trinajstić information content (AvgIpc) is 2.84. The summed E-state index contributed by atoms with van der Waals surface area (Å²) in [5, 5.41) is 0. The van der Waals surface area contributed by atoms with Crippen LogP contribution < -0.4 is 9.47 Å². The Hall–Kier alpha value is -2.44. The molecule has 1 aliphatic carbocycles. The molecule has 1 saturated heterocycles. The lowest BCUT2D eigenvalue weighted by molar-refractivity contribution is -0.189. The minimum Gasteiger partial charge on any atom is -0.493 e. The molecule has 1 heterocycles. The second-order valence-electron chi connectivity index (χ2n) is 10.0. The summed E-state index contributed by atoms with van der Waals surface area (Å²) in [5.74, 6) is 1.06. The molecule has 190 valence electrons. The van der Waals surface area contributed by atoms with E-state index in [0.717, 1.165) is 44.1 Å². The number of ketones is 1. The molecular formula is C29H37FO5. The standard InChI is InChI=1S/C29H37FO5/c1-5-33-24-17-26(20-6-9-23(30)10-7-20)35-29(18-24)14-12-21(13-15-29)28(31)22-8-11-25(34-19(2)3)27(16-22)32-4/h6-11,16,19,21,24,26H,5,12-15,17-18H2,1-4H3. The topological polar surface area (TPSA) is 54.0 Å². The number of carbonyl (C=O) groups is 1. The molecule has 2 fully saturated rings. The predicted octanol–water partition coefficient (Wildman–Crippen LogP) is 6.69. The fourth-order valence-electron chi connectivity index (χ4n) is 5.52. The van der Waals surface area contributed by atoms with Crippen molar-refractivity contribution >= 4 is 5.78 Å². The van der Waals surface area contributed by atoms with E-state index in [-0.39, 0.29) is 41.4 Å². The van der Waals surface area contributed by atoms with E-state index < -0.39 is 0 Å². The highest BCUT2D eigenvalue weighted by molar-refractivity contribution is 5.98. The highest BCUT2D eigenvalue weighted by Gasteiger charge is 2.45. The van der Waals surface area contributed by atoms with Gasteiger partial charge < -0.3 is 18.9 Å². The maximum absolute atomic E-state index is 13.5. The summed E-state index contributed by atoms with van der Waals surface area (Å²) >= 11 is 0. The normalized spacial score (nSPS) is 26.6. The van der Waals surface area contributed by atoms with Crippen molar-refractivity contribution in [2.24, 2.45) is 5.92 Å². The van der Waals surface area contributed by atoms with Crippen molar-refractivity contribution in [3.8, 4) is 11.5 Å². The molecule has 2 aliphatic rings. The van der Waals surface area contributed by atoms with E-state index in [0.29, 0.717) is 23.7 Å². The molecule has 35 heavy (non-hydrogen) atoms. The van der Waals surface area contributed by atoms with Crippen molar-refractivity contribution in [2.75, 3.05) is 13.7 Å². The number of ether oxygens (including phenoxy) is 4. The van der Waals surface area contributed by atoms with E-state index in [2.05, 4.69) is 0 Å². The quantitative estimate of drug-likeness (QED) is 0.391. The van der Waals surface area contributed by atoms with Crippen LogP contribution in [0, 0.1) is 11.7 Å². The van der Waals surface area contributed by atoms with E-state index in [1.54, 1.807) is 25.3 Å². The fraction of sp³-hybridized carbons (Fsp3) is 0.552. The average molecular weight is 485 g/mol. The molecule has 2 aromatic carbocycles. The van der Waals surface area contributed by atoms with E-state index in [4.69, 9.17) is 18.9 Å². The molecule has 2 unspecified atom stereocenters. The molecule has 0 bridgehead atoms. The molecule has 1 spiro atoms. The third-order valence-corrected chi connectivity index (χ3v) is 7.19. The molecule has 0 radical (unpaired) electrons. The van der Waals surface area contributed by atoms with Crippen molar-refractivity contribution in [3.05, 3.63) is 59.4 Å². The lowest BCUT2D eigenvalue weighted by Gasteiger charge is -2.48. The number of carbonyl (C=O) groups excluding carboxylic acids is 1. The number of Topliss-reactive ketones (excluding diaryl/α,β-unsaturated/α-hetero) is 1. The Morgan fingerprint density at radius 3 is 2.46 bits per heavy atom. The van der Waals surface area contributed by atoms with Gasteiger partial charge in [0.15, 0.2) is 17.3 Å². The summed E-state index contributed by atoms with van der Waals surface area (Å²) in [6, 6.07) is 12.0. The molecule has 5 nitrogen and oxygen atoms in total. The summed E-state index contributed by atoms with van der Waals surface area (Å²) in [4.78, 5) is 13.4. The van der Waals surface area contributed by atoms with Crippen LogP contribution in [0.15, 0.2) is 42.5 Å². The summed E-state index contributed by atoms with van der Waals surface area (Å²) in [6.45, 7) is 6.58. The molecule has 1 aliphatic heterocycles. The first-order valence-electron chi connectivity index (χ1n) is 12.8. The Balaban J connectivity index is 1.46. The van der Waals surface area contributed by atoms with Crippen LogP contribution in [0.3, 0.4) is 0 Å². The summed E-state index contributed by atoms with van der Waals surface area (Å²) in [6.07, 6.45) is 4.70. The van der Waals surface area contributed by atoms with E-state index in [9.17, 15) is 9.18 Å². The number of rotatable bonds is 8. The van der Waals surface area contributed by atoms with Crippen LogP contribution in [-0.2, 0) is 9.47 Å². The first kappa shape index (κ1) is 25.6. The third kappa shape index (κ3) is 6.04. The van der Waals surface area contributed by atoms with Gasteiger partial charge in [-0.2, -0.15) is 0 Å². The van der Waals surface area contributed by atoms with Gasteiger partial charge in [-0.3, -0.25) is 4.79 Å². The molecule has 4 rings (SSSR count). The highest BCUT2D eigenvalue weighted by Crippen LogP contribution is 2.47. The molecule has 1 saturated carbocycles. The number of methoxy groups -OCH3 is 1. The second kappa shape index (κ2) is 11.1. The predicted molar refractivity (Wildman–Crippen MR) is 133 cm³/mol. The van der Waals surface area contributed by atoms with Gasteiger partial charge in [0.25, 0.3) is 0 Å². The van der Waals surface area contributed by atoms with E-state index in [1.807, 2.05) is 32.9 Å². The van der Waals surface area contributed by atoms with Gasteiger partial charge in [0.2, 0.25) is 0 Å². The zero-order chi connectivity index (χ0) is 25.0. The van der Waals surface area contributed by atoms with Gasteiger partial charge in [0, 0.05) is 30.9 Å². The Morgan fingerprint density at radius 2 is 1.83 bits per heavy atom. The van der Waals surface area contributed by atoms with Crippen LogP contribution in [0.2, 0.25) is 0 Å². The minimum absolute atomic E-state index is 0.0229. The van der Waals surface area contributed by atoms with Crippen molar-refractivity contribution in [1.82, 2.24) is 0 Å². The number of benzene rings is 2. The first-order chi connectivity index (χ1) is 16.8. The van der Waals surface area contributed by atoms with Gasteiger partial charge in [0.1, 0.15) is 5.82 Å². The molecule has 0 amide bonds. The molecule has 0 aromatic heterocycles. The molecular weight excluding hydrogens is 447 g/mol. The van der Waals surface area contributed by atoms with Crippen LogP contribution in [0.5, 0.6) is 11.5 Å². The van der Waals surface area contributed by atoms with Crippen molar-refractivity contribution in [3.63, 3.8) is 0 Å². The SMILES string of the molecule is CCOC1CC(c2ccc(F)cc2)OC2(CCC(C(=O)c3ccc(OC(C)C)c(OC)c3)CC2)C1. The largest absolute Gasteiger partial charge is 0.493 e. The third-order valence-electron chi connectivity index (χ3n) is 7.19. The lowest BCUT2D eigenvalue weighted by Crippen LogP contribution is -2.47. The molecule has 2 atom stereocenters. The van der Waals surface area contributed by atoms with Crippen molar-refractivity contribution < 1.29 is 28.1 Å². The molecule has 2 aromatic rings. The van der Waals surface area contributed by atoms with Gasteiger partial charge >= 0.3 is 0 Å². The summed E-state index contributed by atoms with van der Waals surface area (Å²) in [5.41, 5.74) is 1.31.